The van der Waals surface area contributed by atoms with Crippen LogP contribution in [0.15, 0.2) is 24.3 Å². The summed E-state index contributed by atoms with van der Waals surface area (Å²) in [4.78, 5) is 2.43. The molecule has 0 saturated carbocycles. The van der Waals surface area contributed by atoms with Gasteiger partial charge in [-0.25, -0.2) is 0 Å². The van der Waals surface area contributed by atoms with Crippen molar-refractivity contribution in [1.82, 2.24) is 10.2 Å². The molecule has 2 fully saturated rings. The van der Waals surface area contributed by atoms with E-state index in [1.165, 1.54) is 37.9 Å². The molecule has 2 aliphatic heterocycles. The van der Waals surface area contributed by atoms with E-state index in [4.69, 9.17) is 9.47 Å². The van der Waals surface area contributed by atoms with Crippen molar-refractivity contribution in [3.8, 4) is 5.75 Å². The third-order valence-corrected chi connectivity index (χ3v) is 6.30. The molecule has 4 nitrogen and oxygen atoms in total. The number of nitrogens with one attached hydrogen (secondary N) is 1. The summed E-state index contributed by atoms with van der Waals surface area (Å²) >= 11 is 0. The first kappa shape index (κ1) is 19.7. The summed E-state index contributed by atoms with van der Waals surface area (Å²) in [5, 5.41) is 3.84. The first-order valence-corrected chi connectivity index (χ1v) is 10.1. The van der Waals surface area contributed by atoms with E-state index in [0.29, 0.717) is 6.04 Å². The molecule has 2 heterocycles. The van der Waals surface area contributed by atoms with Gasteiger partial charge in [0.25, 0.3) is 0 Å². The van der Waals surface area contributed by atoms with Crippen molar-refractivity contribution < 1.29 is 9.47 Å². The van der Waals surface area contributed by atoms with Crippen LogP contribution in [-0.4, -0.2) is 56.9 Å². The summed E-state index contributed by atoms with van der Waals surface area (Å²) < 4.78 is 11.4. The number of nitrogens with zero attached hydrogens (tertiary/aromatic N) is 1. The SMILES string of the molecule is COc1ccc([C@@]2(CCNC3CCN(C)CC3)CCOC(C)(C)C2)cc1. The number of hydrogen-bond donors (Lipinski definition) is 1. The molecule has 0 unspecified atom stereocenters. The summed E-state index contributed by atoms with van der Waals surface area (Å²) in [6.07, 6.45) is 5.86. The second-order valence-electron chi connectivity index (χ2n) is 8.83. The molecule has 26 heavy (non-hydrogen) atoms. The molecule has 0 amide bonds. The van der Waals surface area contributed by atoms with Crippen LogP contribution >= 0.6 is 0 Å². The van der Waals surface area contributed by atoms with Gasteiger partial charge < -0.3 is 19.7 Å². The van der Waals surface area contributed by atoms with Crippen molar-refractivity contribution >= 4 is 0 Å². The summed E-state index contributed by atoms with van der Waals surface area (Å²) in [6.45, 7) is 8.80. The number of piperidine rings is 1. The molecule has 0 aliphatic carbocycles. The van der Waals surface area contributed by atoms with Crippen LogP contribution in [0.25, 0.3) is 0 Å². The molecular formula is C22H36N2O2. The maximum Gasteiger partial charge on any atom is 0.118 e. The smallest absolute Gasteiger partial charge is 0.118 e. The molecule has 1 N–H and O–H groups in total. The maximum atomic E-state index is 6.04. The molecule has 0 spiro atoms. The van der Waals surface area contributed by atoms with Gasteiger partial charge in [-0.3, -0.25) is 0 Å². The zero-order chi connectivity index (χ0) is 18.6. The van der Waals surface area contributed by atoms with E-state index in [-0.39, 0.29) is 11.0 Å². The van der Waals surface area contributed by atoms with Crippen LogP contribution < -0.4 is 10.1 Å². The quantitative estimate of drug-likeness (QED) is 0.840. The highest BCUT2D eigenvalue weighted by atomic mass is 16.5. The van der Waals surface area contributed by atoms with E-state index in [0.717, 1.165) is 31.7 Å². The van der Waals surface area contributed by atoms with E-state index in [2.05, 4.69) is 55.4 Å². The van der Waals surface area contributed by atoms with Gasteiger partial charge in [0.15, 0.2) is 0 Å². The molecule has 2 saturated heterocycles. The lowest BCUT2D eigenvalue weighted by Crippen LogP contribution is -2.47. The van der Waals surface area contributed by atoms with Gasteiger partial charge in [-0.2, -0.15) is 0 Å². The van der Waals surface area contributed by atoms with Crippen LogP contribution in [0.4, 0.5) is 0 Å². The third-order valence-electron chi connectivity index (χ3n) is 6.30. The normalized spacial score (nSPS) is 27.4. The Bertz CT molecular complexity index is 564. The van der Waals surface area contributed by atoms with E-state index in [9.17, 15) is 0 Å². The van der Waals surface area contributed by atoms with Gasteiger partial charge in [0.2, 0.25) is 0 Å². The number of rotatable bonds is 6. The first-order valence-electron chi connectivity index (χ1n) is 10.1. The summed E-state index contributed by atoms with van der Waals surface area (Å²) in [7, 11) is 3.95. The summed E-state index contributed by atoms with van der Waals surface area (Å²) in [5.74, 6) is 0.930. The zero-order valence-corrected chi connectivity index (χ0v) is 17.0. The fourth-order valence-corrected chi connectivity index (χ4v) is 4.75. The molecule has 1 aromatic carbocycles. The lowest BCUT2D eigenvalue weighted by atomic mass is 9.67. The van der Waals surface area contributed by atoms with Crippen LogP contribution in [0.2, 0.25) is 0 Å². The van der Waals surface area contributed by atoms with Gasteiger partial charge in [-0.15, -0.1) is 0 Å². The predicted molar refractivity (Wildman–Crippen MR) is 107 cm³/mol. The fraction of sp³-hybridized carbons (Fsp3) is 0.727. The third kappa shape index (κ3) is 4.79. The van der Waals surface area contributed by atoms with Crippen molar-refractivity contribution in [2.75, 3.05) is 40.4 Å². The number of hydrogen-bond acceptors (Lipinski definition) is 4. The van der Waals surface area contributed by atoms with Crippen molar-refractivity contribution in [2.45, 2.75) is 63.0 Å². The lowest BCUT2D eigenvalue weighted by molar-refractivity contribution is -0.0841. The highest BCUT2D eigenvalue weighted by Gasteiger charge is 2.41. The molecular weight excluding hydrogens is 324 g/mol. The molecule has 4 heteroatoms. The highest BCUT2D eigenvalue weighted by Crippen LogP contribution is 2.44. The molecule has 1 atom stereocenters. The van der Waals surface area contributed by atoms with E-state index >= 15 is 0 Å². The maximum absolute atomic E-state index is 6.04. The van der Waals surface area contributed by atoms with Crippen molar-refractivity contribution in [3.05, 3.63) is 29.8 Å². The largest absolute Gasteiger partial charge is 0.497 e. The number of likely N-dealkylation sites (tertiary alicyclic amines) is 1. The Labute approximate surface area is 159 Å². The monoisotopic (exact) mass is 360 g/mol. The van der Waals surface area contributed by atoms with E-state index in [1.807, 2.05) is 0 Å². The molecule has 2 aliphatic rings. The Hall–Kier alpha value is -1.10. The number of ether oxygens (including phenoxy) is 2. The van der Waals surface area contributed by atoms with Gasteiger partial charge in [0.05, 0.1) is 12.7 Å². The second-order valence-corrected chi connectivity index (χ2v) is 8.83. The van der Waals surface area contributed by atoms with Crippen LogP contribution in [0, 0.1) is 0 Å². The predicted octanol–water partition coefficient (Wildman–Crippen LogP) is 3.60. The Morgan fingerprint density at radius 3 is 2.50 bits per heavy atom. The molecule has 0 bridgehead atoms. The molecule has 0 aromatic heterocycles. The summed E-state index contributed by atoms with van der Waals surface area (Å²) in [5.41, 5.74) is 1.55. The topological polar surface area (TPSA) is 33.7 Å². The van der Waals surface area contributed by atoms with Crippen molar-refractivity contribution in [1.29, 1.82) is 0 Å². The summed E-state index contributed by atoms with van der Waals surface area (Å²) in [6, 6.07) is 9.39. The minimum atomic E-state index is -0.0638. The Morgan fingerprint density at radius 2 is 1.88 bits per heavy atom. The minimum absolute atomic E-state index is 0.0638. The van der Waals surface area contributed by atoms with Crippen LogP contribution in [-0.2, 0) is 10.2 Å². The standard InChI is InChI=1S/C22H36N2O2/c1-21(2)17-22(12-16-26-21,18-5-7-20(25-4)8-6-18)11-13-23-19-9-14-24(3)15-10-19/h5-8,19,23H,9-17H2,1-4H3/t22-/m0/s1. The molecule has 146 valence electrons. The Kier molecular flexibility index (Phi) is 6.26. The van der Waals surface area contributed by atoms with Gasteiger partial charge >= 0.3 is 0 Å². The molecule has 0 radical (unpaired) electrons. The van der Waals surface area contributed by atoms with Gasteiger partial charge in [-0.1, -0.05) is 12.1 Å². The fourth-order valence-electron chi connectivity index (χ4n) is 4.75. The number of methoxy groups -OCH3 is 1. The van der Waals surface area contributed by atoms with Gasteiger partial charge in [0, 0.05) is 18.1 Å². The highest BCUT2D eigenvalue weighted by molar-refractivity contribution is 5.33. The van der Waals surface area contributed by atoms with Gasteiger partial charge in [0.1, 0.15) is 5.75 Å². The molecule has 3 rings (SSSR count). The lowest BCUT2D eigenvalue weighted by Gasteiger charge is -2.46. The van der Waals surface area contributed by atoms with Gasteiger partial charge in [-0.05, 0) is 90.3 Å². The average molecular weight is 361 g/mol. The number of benzene rings is 1. The van der Waals surface area contributed by atoms with Crippen molar-refractivity contribution in [2.24, 2.45) is 0 Å². The van der Waals surface area contributed by atoms with Crippen LogP contribution in [0.5, 0.6) is 5.75 Å². The van der Waals surface area contributed by atoms with E-state index in [1.54, 1.807) is 7.11 Å². The average Bonchev–Trinajstić information content (AvgIpc) is 2.63. The van der Waals surface area contributed by atoms with Crippen LogP contribution in [0.1, 0.15) is 51.5 Å². The Balaban J connectivity index is 1.68. The zero-order valence-electron chi connectivity index (χ0n) is 17.0. The van der Waals surface area contributed by atoms with E-state index < -0.39 is 0 Å². The second kappa shape index (κ2) is 8.28. The first-order chi connectivity index (χ1) is 12.4. The minimum Gasteiger partial charge on any atom is -0.497 e. The molecule has 1 aromatic rings. The van der Waals surface area contributed by atoms with Crippen LogP contribution in [0.3, 0.4) is 0 Å². The van der Waals surface area contributed by atoms with Crippen molar-refractivity contribution in [3.63, 3.8) is 0 Å². The Morgan fingerprint density at radius 1 is 1.19 bits per heavy atom.